The van der Waals surface area contributed by atoms with Crippen molar-refractivity contribution in [2.24, 2.45) is 7.05 Å². The summed E-state index contributed by atoms with van der Waals surface area (Å²) in [7, 11) is 1.86. The van der Waals surface area contributed by atoms with Gasteiger partial charge in [0.15, 0.2) is 0 Å². The molecule has 0 amide bonds. The maximum Gasteiger partial charge on any atom is 0.255 e. The van der Waals surface area contributed by atoms with E-state index in [2.05, 4.69) is 49.5 Å². The smallest absolute Gasteiger partial charge is 0.255 e. The summed E-state index contributed by atoms with van der Waals surface area (Å²) in [4.78, 5) is 12.5. The number of hydrogen-bond donors (Lipinski definition) is 1. The molecule has 3 heteroatoms. The lowest BCUT2D eigenvalue weighted by molar-refractivity contribution is 0.674. The number of pyridine rings is 1. The molecular weight excluding hydrogens is 272 g/mol. The van der Waals surface area contributed by atoms with Crippen molar-refractivity contribution < 1.29 is 0 Å². The first-order valence-electron chi connectivity index (χ1n) is 8.09. The van der Waals surface area contributed by atoms with E-state index < -0.39 is 0 Å². The highest BCUT2D eigenvalue weighted by molar-refractivity contribution is 5.60. The van der Waals surface area contributed by atoms with Crippen LogP contribution in [-0.2, 0) is 13.6 Å². The molecule has 1 aliphatic rings. The minimum atomic E-state index is 0.0959. The quantitative estimate of drug-likeness (QED) is 0.917. The molecule has 0 unspecified atom stereocenters. The second-order valence-corrected chi connectivity index (χ2v) is 6.54. The van der Waals surface area contributed by atoms with Gasteiger partial charge in [-0.15, -0.1) is 0 Å². The molecule has 3 rings (SSSR count). The third-order valence-electron chi connectivity index (χ3n) is 4.41. The Labute approximate surface area is 132 Å². The van der Waals surface area contributed by atoms with Gasteiger partial charge in [-0.3, -0.25) is 4.79 Å². The summed E-state index contributed by atoms with van der Waals surface area (Å²) in [6, 6.07) is 13.1. The van der Waals surface area contributed by atoms with Gasteiger partial charge < -0.3 is 9.88 Å². The minimum absolute atomic E-state index is 0.0959. The maximum absolute atomic E-state index is 12.5. The Bertz CT molecular complexity index is 709. The van der Waals surface area contributed by atoms with Crippen molar-refractivity contribution in [2.75, 3.05) is 0 Å². The molecule has 0 aliphatic heterocycles. The zero-order valence-corrected chi connectivity index (χ0v) is 13.6. The predicted octanol–water partition coefficient (Wildman–Crippen LogP) is 3.43. The average Bonchev–Trinajstić information content (AvgIpc) is 3.33. The molecule has 0 radical (unpaired) electrons. The molecule has 1 aromatic carbocycles. The lowest BCUT2D eigenvalue weighted by atomic mass is 10.0. The highest BCUT2D eigenvalue weighted by Gasteiger charge is 2.20. The van der Waals surface area contributed by atoms with Crippen LogP contribution in [0.3, 0.4) is 0 Å². The molecule has 22 heavy (non-hydrogen) atoms. The molecule has 1 fully saturated rings. The van der Waals surface area contributed by atoms with Crippen LogP contribution in [0.5, 0.6) is 0 Å². The highest BCUT2D eigenvalue weighted by Crippen LogP contribution is 2.22. The molecule has 0 saturated heterocycles. The number of hydrogen-bond acceptors (Lipinski definition) is 2. The zero-order chi connectivity index (χ0) is 15.7. The first-order chi connectivity index (χ1) is 10.6. The molecule has 0 atom stereocenters. The van der Waals surface area contributed by atoms with Gasteiger partial charge in [-0.2, -0.15) is 0 Å². The fraction of sp³-hybridized carbons (Fsp3) is 0.421. The summed E-state index contributed by atoms with van der Waals surface area (Å²) in [5.41, 5.74) is 4.32. The van der Waals surface area contributed by atoms with Gasteiger partial charge in [-0.25, -0.2) is 0 Å². The van der Waals surface area contributed by atoms with E-state index in [9.17, 15) is 4.79 Å². The zero-order valence-electron chi connectivity index (χ0n) is 13.6. The molecule has 1 heterocycles. The summed E-state index contributed by atoms with van der Waals surface area (Å²) in [6.45, 7) is 5.04. The Balaban J connectivity index is 1.87. The number of nitrogens with one attached hydrogen (secondary N) is 1. The van der Waals surface area contributed by atoms with Gasteiger partial charge in [-0.05, 0) is 36.0 Å². The second kappa shape index (κ2) is 6.09. The van der Waals surface area contributed by atoms with Crippen LogP contribution < -0.4 is 10.9 Å². The van der Waals surface area contributed by atoms with Gasteiger partial charge in [0.25, 0.3) is 5.56 Å². The van der Waals surface area contributed by atoms with Crippen LogP contribution in [0.25, 0.3) is 11.3 Å². The Hall–Kier alpha value is -1.87. The first-order valence-corrected chi connectivity index (χ1v) is 8.09. The summed E-state index contributed by atoms with van der Waals surface area (Å²) in [5.74, 6) is 0.522. The molecular formula is C19H24N2O. The summed E-state index contributed by atoms with van der Waals surface area (Å²) in [6.07, 6.45) is 2.47. The molecule has 116 valence electrons. The average molecular weight is 296 g/mol. The molecule has 1 aromatic heterocycles. The third-order valence-corrected chi connectivity index (χ3v) is 4.41. The lowest BCUT2D eigenvalue weighted by Crippen LogP contribution is -2.27. The fourth-order valence-corrected chi connectivity index (χ4v) is 2.69. The van der Waals surface area contributed by atoms with E-state index in [4.69, 9.17) is 0 Å². The molecule has 0 spiro atoms. The van der Waals surface area contributed by atoms with Crippen LogP contribution in [0, 0.1) is 0 Å². The summed E-state index contributed by atoms with van der Waals surface area (Å²) in [5, 5.41) is 3.41. The van der Waals surface area contributed by atoms with Gasteiger partial charge in [0.1, 0.15) is 0 Å². The summed E-state index contributed by atoms with van der Waals surface area (Å²) < 4.78 is 1.76. The third kappa shape index (κ3) is 3.14. The van der Waals surface area contributed by atoms with E-state index in [1.807, 2.05) is 13.1 Å². The Kier molecular flexibility index (Phi) is 4.16. The van der Waals surface area contributed by atoms with Gasteiger partial charge >= 0.3 is 0 Å². The van der Waals surface area contributed by atoms with Crippen molar-refractivity contribution in [3.05, 3.63) is 57.9 Å². The fourth-order valence-electron chi connectivity index (χ4n) is 2.69. The number of rotatable bonds is 5. The van der Waals surface area contributed by atoms with Crippen LogP contribution in [0.1, 0.15) is 43.7 Å². The SMILES string of the molecule is CC(C)c1ccc(-c2ccc(CNC3CC3)c(=O)n2C)cc1. The molecule has 3 nitrogen and oxygen atoms in total. The number of nitrogens with zero attached hydrogens (tertiary/aromatic N) is 1. The number of benzene rings is 1. The second-order valence-electron chi connectivity index (χ2n) is 6.54. The van der Waals surface area contributed by atoms with Crippen LogP contribution in [-0.4, -0.2) is 10.6 Å². The van der Waals surface area contributed by atoms with Crippen molar-refractivity contribution in [3.63, 3.8) is 0 Å². The van der Waals surface area contributed by atoms with E-state index >= 15 is 0 Å². The minimum Gasteiger partial charge on any atom is -0.311 e. The lowest BCUT2D eigenvalue weighted by Gasteiger charge is -2.12. The maximum atomic E-state index is 12.5. The predicted molar refractivity (Wildman–Crippen MR) is 91.1 cm³/mol. The van der Waals surface area contributed by atoms with Crippen molar-refractivity contribution in [1.82, 2.24) is 9.88 Å². The molecule has 1 aliphatic carbocycles. The van der Waals surface area contributed by atoms with E-state index in [1.165, 1.54) is 18.4 Å². The Morgan fingerprint density at radius 3 is 2.41 bits per heavy atom. The van der Waals surface area contributed by atoms with Crippen molar-refractivity contribution in [3.8, 4) is 11.3 Å². The van der Waals surface area contributed by atoms with Gasteiger partial charge in [0, 0.05) is 25.2 Å². The van der Waals surface area contributed by atoms with Crippen molar-refractivity contribution >= 4 is 0 Å². The van der Waals surface area contributed by atoms with E-state index in [0.717, 1.165) is 16.8 Å². The van der Waals surface area contributed by atoms with E-state index in [-0.39, 0.29) is 5.56 Å². The first kappa shape index (κ1) is 15.0. The van der Waals surface area contributed by atoms with E-state index in [1.54, 1.807) is 4.57 Å². The van der Waals surface area contributed by atoms with Gasteiger partial charge in [0.05, 0.1) is 5.69 Å². The molecule has 0 bridgehead atoms. The largest absolute Gasteiger partial charge is 0.311 e. The summed E-state index contributed by atoms with van der Waals surface area (Å²) >= 11 is 0. The van der Waals surface area contributed by atoms with Crippen LogP contribution >= 0.6 is 0 Å². The van der Waals surface area contributed by atoms with Crippen LogP contribution in [0.15, 0.2) is 41.2 Å². The normalized spacial score (nSPS) is 14.5. The highest BCUT2D eigenvalue weighted by atomic mass is 16.1. The standard InChI is InChI=1S/C19H24N2O/c1-13(2)14-4-6-15(7-5-14)18-11-8-16(19(22)21(18)3)12-20-17-9-10-17/h4-8,11,13,17,20H,9-10,12H2,1-3H3. The van der Waals surface area contributed by atoms with Crippen molar-refractivity contribution in [2.45, 2.75) is 45.2 Å². The number of aromatic nitrogens is 1. The Morgan fingerprint density at radius 2 is 1.82 bits per heavy atom. The van der Waals surface area contributed by atoms with Crippen LogP contribution in [0.2, 0.25) is 0 Å². The Morgan fingerprint density at radius 1 is 1.14 bits per heavy atom. The molecule has 1 N–H and O–H groups in total. The topological polar surface area (TPSA) is 34.0 Å². The van der Waals surface area contributed by atoms with Gasteiger partial charge in [-0.1, -0.05) is 44.2 Å². The van der Waals surface area contributed by atoms with Crippen LogP contribution in [0.4, 0.5) is 0 Å². The van der Waals surface area contributed by atoms with Crippen molar-refractivity contribution in [1.29, 1.82) is 0 Å². The van der Waals surface area contributed by atoms with Gasteiger partial charge in [0.2, 0.25) is 0 Å². The molecule has 2 aromatic rings. The van der Waals surface area contributed by atoms with E-state index in [0.29, 0.717) is 18.5 Å². The monoisotopic (exact) mass is 296 g/mol. The molecule has 1 saturated carbocycles.